The smallest absolute Gasteiger partial charge is 0.409 e. The van der Waals surface area contributed by atoms with Crippen molar-refractivity contribution in [3.63, 3.8) is 0 Å². The number of rotatable bonds is 1. The summed E-state index contributed by atoms with van der Waals surface area (Å²) < 4.78 is 4.79. The molecular weight excluding hydrogens is 180 g/mol. The highest BCUT2D eigenvalue weighted by atomic mass is 16.5. The van der Waals surface area contributed by atoms with E-state index in [0.29, 0.717) is 12.3 Å². The van der Waals surface area contributed by atoms with Crippen molar-refractivity contribution in [2.75, 3.05) is 11.9 Å². The van der Waals surface area contributed by atoms with Gasteiger partial charge in [-0.3, -0.25) is 0 Å². The summed E-state index contributed by atoms with van der Waals surface area (Å²) in [5.74, 6) is 0.538. The zero-order valence-electron chi connectivity index (χ0n) is 7.49. The van der Waals surface area contributed by atoms with Crippen molar-refractivity contribution in [1.29, 1.82) is 0 Å². The Bertz CT molecular complexity index is 399. The van der Waals surface area contributed by atoms with Gasteiger partial charge < -0.3 is 15.8 Å². The van der Waals surface area contributed by atoms with E-state index in [2.05, 4.69) is 5.32 Å². The molecular formula is C10H10N2O2. The summed E-state index contributed by atoms with van der Waals surface area (Å²) in [5.41, 5.74) is 6.94. The number of para-hydroxylation sites is 1. The van der Waals surface area contributed by atoms with E-state index in [1.165, 1.54) is 0 Å². The Morgan fingerprint density at radius 2 is 2.21 bits per heavy atom. The Labute approximate surface area is 81.4 Å². The minimum atomic E-state index is -0.780. The molecule has 1 aliphatic heterocycles. The number of nitrogens with two attached hydrogens (primary N) is 1. The Morgan fingerprint density at radius 1 is 1.43 bits per heavy atom. The van der Waals surface area contributed by atoms with Crippen LogP contribution in [0.1, 0.15) is 5.56 Å². The molecule has 0 spiro atoms. The van der Waals surface area contributed by atoms with Crippen LogP contribution in [-0.2, 0) is 4.74 Å². The van der Waals surface area contributed by atoms with Gasteiger partial charge in [-0.2, -0.15) is 0 Å². The van der Waals surface area contributed by atoms with E-state index in [1.807, 2.05) is 24.3 Å². The van der Waals surface area contributed by atoms with Crippen molar-refractivity contribution in [1.82, 2.24) is 0 Å². The molecule has 0 saturated carbocycles. The largest absolute Gasteiger partial charge is 0.413 e. The molecule has 0 fully saturated rings. The van der Waals surface area contributed by atoms with Gasteiger partial charge in [0, 0.05) is 11.3 Å². The van der Waals surface area contributed by atoms with Gasteiger partial charge in [0.05, 0.1) is 6.54 Å². The van der Waals surface area contributed by atoms with Crippen molar-refractivity contribution in [2.24, 2.45) is 5.73 Å². The van der Waals surface area contributed by atoms with E-state index >= 15 is 0 Å². The first-order valence-electron chi connectivity index (χ1n) is 4.26. The molecule has 14 heavy (non-hydrogen) atoms. The molecule has 0 aliphatic carbocycles. The Hall–Kier alpha value is -1.97. The van der Waals surface area contributed by atoms with E-state index < -0.39 is 6.09 Å². The summed E-state index contributed by atoms with van der Waals surface area (Å²) in [7, 11) is 0. The second-order valence-corrected chi connectivity index (χ2v) is 2.97. The first-order chi connectivity index (χ1) is 6.75. The lowest BCUT2D eigenvalue weighted by atomic mass is 10.1. The summed E-state index contributed by atoms with van der Waals surface area (Å²) in [6.07, 6.45) is 1.02. The first kappa shape index (κ1) is 8.62. The van der Waals surface area contributed by atoms with Gasteiger partial charge in [-0.05, 0) is 12.1 Å². The molecule has 4 heteroatoms. The SMILES string of the molecule is NC(=O)OC1=Cc2ccccc2NC1. The van der Waals surface area contributed by atoms with Crippen molar-refractivity contribution in [3.8, 4) is 0 Å². The number of benzene rings is 1. The lowest BCUT2D eigenvalue weighted by molar-refractivity contribution is 0.187. The lowest BCUT2D eigenvalue weighted by Gasteiger charge is -2.17. The van der Waals surface area contributed by atoms with E-state index in [0.717, 1.165) is 11.3 Å². The van der Waals surface area contributed by atoms with Gasteiger partial charge in [0.15, 0.2) is 0 Å². The standard InChI is InChI=1S/C10H10N2O2/c11-10(13)14-8-5-7-3-1-2-4-9(7)12-6-8/h1-5,12H,6H2,(H2,11,13). The van der Waals surface area contributed by atoms with Crippen LogP contribution in [0, 0.1) is 0 Å². The molecule has 1 aromatic rings. The van der Waals surface area contributed by atoms with Crippen LogP contribution < -0.4 is 11.1 Å². The molecule has 4 nitrogen and oxygen atoms in total. The summed E-state index contributed by atoms with van der Waals surface area (Å²) in [6, 6.07) is 7.77. The van der Waals surface area contributed by atoms with E-state index in [-0.39, 0.29) is 0 Å². The number of primary amides is 1. The number of anilines is 1. The number of hydrogen-bond acceptors (Lipinski definition) is 3. The van der Waals surface area contributed by atoms with Crippen molar-refractivity contribution in [3.05, 3.63) is 35.6 Å². The molecule has 0 atom stereocenters. The highest BCUT2D eigenvalue weighted by molar-refractivity contribution is 5.74. The highest BCUT2D eigenvalue weighted by Crippen LogP contribution is 2.23. The molecule has 1 aliphatic rings. The van der Waals surface area contributed by atoms with Crippen molar-refractivity contribution >= 4 is 17.9 Å². The second-order valence-electron chi connectivity index (χ2n) is 2.97. The first-order valence-corrected chi connectivity index (χ1v) is 4.26. The number of carbonyl (C=O) groups is 1. The number of carbonyl (C=O) groups excluding carboxylic acids is 1. The molecule has 0 saturated heterocycles. The molecule has 0 unspecified atom stereocenters. The normalized spacial score (nSPS) is 13.6. The minimum absolute atomic E-state index is 0.486. The number of hydrogen-bond donors (Lipinski definition) is 2. The van der Waals surface area contributed by atoms with Crippen LogP contribution in [0.5, 0.6) is 0 Å². The summed E-state index contributed by atoms with van der Waals surface area (Å²) in [4.78, 5) is 10.5. The van der Waals surface area contributed by atoms with Crippen LogP contribution in [0.2, 0.25) is 0 Å². The van der Waals surface area contributed by atoms with Crippen molar-refractivity contribution in [2.45, 2.75) is 0 Å². The Balaban J connectivity index is 2.26. The molecule has 72 valence electrons. The monoisotopic (exact) mass is 190 g/mol. The van der Waals surface area contributed by atoms with Gasteiger partial charge in [-0.1, -0.05) is 18.2 Å². The zero-order valence-corrected chi connectivity index (χ0v) is 7.49. The van der Waals surface area contributed by atoms with Crippen LogP contribution in [0.15, 0.2) is 30.0 Å². The van der Waals surface area contributed by atoms with Crippen LogP contribution in [0.3, 0.4) is 0 Å². The lowest BCUT2D eigenvalue weighted by Crippen LogP contribution is -2.19. The molecule has 0 bridgehead atoms. The highest BCUT2D eigenvalue weighted by Gasteiger charge is 2.10. The third-order valence-electron chi connectivity index (χ3n) is 1.96. The Morgan fingerprint density at radius 3 is 3.00 bits per heavy atom. The molecule has 1 amide bonds. The van der Waals surface area contributed by atoms with Gasteiger partial charge in [-0.25, -0.2) is 4.79 Å². The van der Waals surface area contributed by atoms with Crippen molar-refractivity contribution < 1.29 is 9.53 Å². The maximum Gasteiger partial charge on any atom is 0.409 e. The quantitative estimate of drug-likeness (QED) is 0.706. The van der Waals surface area contributed by atoms with Crippen LogP contribution >= 0.6 is 0 Å². The number of ether oxygens (including phenoxy) is 1. The van der Waals surface area contributed by atoms with Gasteiger partial charge >= 0.3 is 6.09 Å². The number of amides is 1. The topological polar surface area (TPSA) is 64.4 Å². The second kappa shape index (κ2) is 3.41. The van der Waals surface area contributed by atoms with Gasteiger partial charge in [0.1, 0.15) is 5.76 Å². The molecule has 1 heterocycles. The van der Waals surface area contributed by atoms with E-state index in [4.69, 9.17) is 10.5 Å². The summed E-state index contributed by atoms with van der Waals surface area (Å²) in [6.45, 7) is 0.486. The van der Waals surface area contributed by atoms with Gasteiger partial charge in [0.2, 0.25) is 0 Å². The van der Waals surface area contributed by atoms with E-state index in [1.54, 1.807) is 6.08 Å². The molecule has 1 aromatic carbocycles. The predicted octanol–water partition coefficient (Wildman–Crippen LogP) is 1.55. The average Bonchev–Trinajstić information content (AvgIpc) is 2.17. The Kier molecular flexibility index (Phi) is 2.10. The number of fused-ring (bicyclic) bond motifs is 1. The third kappa shape index (κ3) is 1.69. The predicted molar refractivity (Wildman–Crippen MR) is 53.6 cm³/mol. The molecule has 0 aromatic heterocycles. The van der Waals surface area contributed by atoms with Crippen LogP contribution in [0.25, 0.3) is 6.08 Å². The summed E-state index contributed by atoms with van der Waals surface area (Å²) in [5, 5.41) is 3.12. The van der Waals surface area contributed by atoms with Crippen LogP contribution in [0.4, 0.5) is 10.5 Å². The fourth-order valence-electron chi connectivity index (χ4n) is 1.39. The maximum atomic E-state index is 10.5. The molecule has 2 rings (SSSR count). The fraction of sp³-hybridized carbons (Fsp3) is 0.100. The van der Waals surface area contributed by atoms with Crippen LogP contribution in [-0.4, -0.2) is 12.6 Å². The summed E-state index contributed by atoms with van der Waals surface area (Å²) >= 11 is 0. The molecule has 0 radical (unpaired) electrons. The third-order valence-corrected chi connectivity index (χ3v) is 1.96. The minimum Gasteiger partial charge on any atom is -0.413 e. The molecule has 3 N–H and O–H groups in total. The number of nitrogens with one attached hydrogen (secondary N) is 1. The van der Waals surface area contributed by atoms with Gasteiger partial charge in [-0.15, -0.1) is 0 Å². The zero-order chi connectivity index (χ0) is 9.97. The van der Waals surface area contributed by atoms with Gasteiger partial charge in [0.25, 0.3) is 0 Å². The maximum absolute atomic E-state index is 10.5. The fourth-order valence-corrected chi connectivity index (χ4v) is 1.39. The van der Waals surface area contributed by atoms with E-state index in [9.17, 15) is 4.79 Å². The average molecular weight is 190 g/mol.